The fourth-order valence-corrected chi connectivity index (χ4v) is 2.32. The molecule has 0 heterocycles. The molecule has 0 amide bonds. The van der Waals surface area contributed by atoms with E-state index in [1.165, 1.54) is 0 Å². The van der Waals surface area contributed by atoms with Crippen molar-refractivity contribution in [2.24, 2.45) is 5.84 Å². The Hall–Kier alpha value is -2.31. The Morgan fingerprint density at radius 3 is 1.61 bits per heavy atom. The van der Waals surface area contributed by atoms with E-state index in [1.807, 2.05) is 53.4 Å². The summed E-state index contributed by atoms with van der Waals surface area (Å²) < 4.78 is 10.4. The van der Waals surface area contributed by atoms with Gasteiger partial charge in [-0.1, -0.05) is 24.3 Å². The third kappa shape index (κ3) is 4.84. The first-order chi connectivity index (χ1) is 11.2. The molecule has 6 heteroatoms. The minimum Gasteiger partial charge on any atom is -0.497 e. The Morgan fingerprint density at radius 1 is 0.913 bits per heavy atom. The van der Waals surface area contributed by atoms with Crippen molar-refractivity contribution in [2.45, 2.75) is 13.1 Å². The van der Waals surface area contributed by atoms with E-state index in [0.717, 1.165) is 22.6 Å². The van der Waals surface area contributed by atoms with Crippen LogP contribution in [0.5, 0.6) is 11.5 Å². The summed E-state index contributed by atoms with van der Waals surface area (Å²) in [4.78, 5) is 2.00. The summed E-state index contributed by atoms with van der Waals surface area (Å²) in [5.74, 6) is 7.16. The molecule has 0 bridgehead atoms. The lowest BCUT2D eigenvalue weighted by Crippen LogP contribution is -2.42. The highest BCUT2D eigenvalue weighted by Gasteiger charge is 2.10. The average molecular weight is 331 g/mol. The van der Waals surface area contributed by atoms with Crippen LogP contribution in [-0.4, -0.2) is 24.2 Å². The van der Waals surface area contributed by atoms with E-state index in [9.17, 15) is 0 Å². The first kappa shape index (κ1) is 17.1. The summed E-state index contributed by atoms with van der Waals surface area (Å²) in [5, 5.41) is 0.497. The van der Waals surface area contributed by atoms with Crippen LogP contribution in [-0.2, 0) is 13.1 Å². The lowest BCUT2D eigenvalue weighted by molar-refractivity contribution is 0.396. The number of nitrogens with one attached hydrogen (secondary N) is 1. The Bertz CT molecular complexity index is 580. The van der Waals surface area contributed by atoms with Crippen molar-refractivity contribution >= 4 is 17.3 Å². The molecule has 0 aromatic heterocycles. The summed E-state index contributed by atoms with van der Waals surface area (Å²) in [6, 6.07) is 15.8. The Balaban J connectivity index is 2.10. The quantitative estimate of drug-likeness (QED) is 0.482. The number of hydrogen-bond acceptors (Lipinski definition) is 4. The van der Waals surface area contributed by atoms with Gasteiger partial charge >= 0.3 is 0 Å². The van der Waals surface area contributed by atoms with E-state index in [1.54, 1.807) is 14.2 Å². The molecular formula is C17H21N3O2S. The van der Waals surface area contributed by atoms with Crippen LogP contribution in [0, 0.1) is 0 Å². The summed E-state index contributed by atoms with van der Waals surface area (Å²) in [6.07, 6.45) is 0. The second-order valence-corrected chi connectivity index (χ2v) is 5.39. The fraction of sp³-hybridized carbons (Fsp3) is 0.235. The van der Waals surface area contributed by atoms with Gasteiger partial charge in [-0.25, -0.2) is 5.84 Å². The van der Waals surface area contributed by atoms with E-state index in [0.29, 0.717) is 18.2 Å². The maximum absolute atomic E-state index is 5.50. The summed E-state index contributed by atoms with van der Waals surface area (Å²) in [5.41, 5.74) is 4.80. The zero-order chi connectivity index (χ0) is 16.7. The summed E-state index contributed by atoms with van der Waals surface area (Å²) in [6.45, 7) is 1.30. The molecule has 3 N–H and O–H groups in total. The van der Waals surface area contributed by atoms with Gasteiger partial charge in [0.05, 0.1) is 14.2 Å². The van der Waals surface area contributed by atoms with E-state index in [2.05, 4.69) is 5.43 Å². The van der Waals surface area contributed by atoms with Crippen LogP contribution in [0.1, 0.15) is 11.1 Å². The number of methoxy groups -OCH3 is 2. The van der Waals surface area contributed by atoms with E-state index < -0.39 is 0 Å². The number of hydrogen-bond donors (Lipinski definition) is 2. The monoisotopic (exact) mass is 331 g/mol. The first-order valence-electron chi connectivity index (χ1n) is 7.17. The summed E-state index contributed by atoms with van der Waals surface area (Å²) in [7, 11) is 3.30. The molecule has 2 aromatic carbocycles. The van der Waals surface area contributed by atoms with Gasteiger partial charge in [-0.05, 0) is 47.6 Å². The standard InChI is InChI=1S/C17H21N3O2S/c1-21-15-7-3-13(4-8-15)11-20(17(23)19-18)12-14-5-9-16(22-2)10-6-14/h3-10H,11-12,18H2,1-2H3,(H,19,23). The number of hydrazine groups is 1. The molecule has 0 aliphatic rings. The van der Waals surface area contributed by atoms with Crippen LogP contribution < -0.4 is 20.7 Å². The molecule has 0 spiro atoms. The molecule has 0 atom stereocenters. The molecule has 2 aromatic rings. The smallest absolute Gasteiger partial charge is 0.183 e. The van der Waals surface area contributed by atoms with Gasteiger partial charge < -0.3 is 19.8 Å². The van der Waals surface area contributed by atoms with Gasteiger partial charge in [0.1, 0.15) is 11.5 Å². The highest BCUT2D eigenvalue weighted by molar-refractivity contribution is 7.80. The molecule has 122 valence electrons. The van der Waals surface area contributed by atoms with Crippen molar-refractivity contribution in [3.05, 3.63) is 59.7 Å². The zero-order valence-electron chi connectivity index (χ0n) is 13.3. The predicted octanol–water partition coefficient (Wildman–Crippen LogP) is 2.45. The third-order valence-corrected chi connectivity index (χ3v) is 3.85. The van der Waals surface area contributed by atoms with Gasteiger partial charge in [-0.15, -0.1) is 0 Å². The van der Waals surface area contributed by atoms with Gasteiger partial charge in [-0.3, -0.25) is 0 Å². The van der Waals surface area contributed by atoms with Crippen LogP contribution >= 0.6 is 12.2 Å². The maximum Gasteiger partial charge on any atom is 0.183 e. The maximum atomic E-state index is 5.50. The lowest BCUT2D eigenvalue weighted by atomic mass is 10.1. The van der Waals surface area contributed by atoms with Crippen molar-refractivity contribution < 1.29 is 9.47 Å². The van der Waals surface area contributed by atoms with E-state index in [-0.39, 0.29) is 0 Å². The molecule has 0 aliphatic carbocycles. The minimum absolute atomic E-state index is 0.497. The van der Waals surface area contributed by atoms with Crippen LogP contribution in [0.15, 0.2) is 48.5 Å². The molecule has 2 rings (SSSR count). The average Bonchev–Trinajstić information content (AvgIpc) is 2.61. The molecule has 0 radical (unpaired) electrons. The Labute approximate surface area is 142 Å². The van der Waals surface area contributed by atoms with Crippen LogP contribution in [0.3, 0.4) is 0 Å². The van der Waals surface area contributed by atoms with Crippen LogP contribution in [0.2, 0.25) is 0 Å². The number of ether oxygens (including phenoxy) is 2. The molecule has 0 fully saturated rings. The number of benzene rings is 2. The Morgan fingerprint density at radius 2 is 1.30 bits per heavy atom. The zero-order valence-corrected chi connectivity index (χ0v) is 14.1. The summed E-state index contributed by atoms with van der Waals surface area (Å²) >= 11 is 5.31. The second kappa shape index (κ2) is 8.36. The largest absolute Gasteiger partial charge is 0.497 e. The molecule has 0 aliphatic heterocycles. The predicted molar refractivity (Wildman–Crippen MR) is 95.2 cm³/mol. The lowest BCUT2D eigenvalue weighted by Gasteiger charge is -2.25. The van der Waals surface area contributed by atoms with Crippen molar-refractivity contribution in [3.63, 3.8) is 0 Å². The number of nitrogens with two attached hydrogens (primary N) is 1. The van der Waals surface area contributed by atoms with Crippen molar-refractivity contribution in [1.82, 2.24) is 10.3 Å². The van der Waals surface area contributed by atoms with E-state index in [4.69, 9.17) is 27.5 Å². The molecule has 0 saturated heterocycles. The van der Waals surface area contributed by atoms with Gasteiger partial charge in [0, 0.05) is 13.1 Å². The topological polar surface area (TPSA) is 59.8 Å². The van der Waals surface area contributed by atoms with Crippen molar-refractivity contribution in [1.29, 1.82) is 0 Å². The SMILES string of the molecule is COc1ccc(CN(Cc2ccc(OC)cc2)C(=S)NN)cc1. The number of rotatable bonds is 6. The Kier molecular flexibility index (Phi) is 6.19. The highest BCUT2D eigenvalue weighted by atomic mass is 32.1. The second-order valence-electron chi connectivity index (χ2n) is 5.00. The fourth-order valence-electron chi connectivity index (χ4n) is 2.19. The van der Waals surface area contributed by atoms with Gasteiger partial charge in [0.15, 0.2) is 5.11 Å². The molecular weight excluding hydrogens is 310 g/mol. The van der Waals surface area contributed by atoms with Gasteiger partial charge in [0.25, 0.3) is 0 Å². The van der Waals surface area contributed by atoms with Crippen LogP contribution in [0.25, 0.3) is 0 Å². The van der Waals surface area contributed by atoms with Crippen LogP contribution in [0.4, 0.5) is 0 Å². The third-order valence-electron chi connectivity index (χ3n) is 3.48. The van der Waals surface area contributed by atoms with Gasteiger partial charge in [0.2, 0.25) is 0 Å². The highest BCUT2D eigenvalue weighted by Crippen LogP contribution is 2.16. The molecule has 0 saturated carbocycles. The normalized spacial score (nSPS) is 10.0. The number of thiocarbonyl (C=S) groups is 1. The van der Waals surface area contributed by atoms with Crippen molar-refractivity contribution in [2.75, 3.05) is 14.2 Å². The van der Waals surface area contributed by atoms with Crippen molar-refractivity contribution in [3.8, 4) is 11.5 Å². The first-order valence-corrected chi connectivity index (χ1v) is 7.58. The van der Waals surface area contributed by atoms with E-state index >= 15 is 0 Å². The molecule has 23 heavy (non-hydrogen) atoms. The number of nitrogens with zero attached hydrogens (tertiary/aromatic N) is 1. The minimum atomic E-state index is 0.497. The molecule has 0 unspecified atom stereocenters. The molecule has 5 nitrogen and oxygen atoms in total. The van der Waals surface area contributed by atoms with Gasteiger partial charge in [-0.2, -0.15) is 0 Å².